The second-order valence-electron chi connectivity index (χ2n) is 28.1. The maximum Gasteiger partial charge on any atom is 0.508 e. The third-order valence-corrected chi connectivity index (χ3v) is 21.8. The van der Waals surface area contributed by atoms with Gasteiger partial charge in [-0.15, -0.1) is 0 Å². The van der Waals surface area contributed by atoms with Crippen LogP contribution in [0.1, 0.15) is 104 Å². The van der Waals surface area contributed by atoms with E-state index in [-0.39, 0.29) is 83.0 Å². The molecule has 106 heavy (non-hydrogen) atoms. The van der Waals surface area contributed by atoms with Crippen molar-refractivity contribution in [3.8, 4) is 51.0 Å². The molecule has 5 N–H and O–H groups in total. The highest BCUT2D eigenvalue weighted by Crippen LogP contribution is 2.58. The number of hydrogen-bond acceptors (Lipinski definition) is 17. The molecule has 0 saturated carbocycles. The molecule has 2 heterocycles. The molecule has 14 rings (SSSR count). The molecule has 2 saturated heterocycles. The zero-order valence-corrected chi connectivity index (χ0v) is 60.5. The molecule has 2 atom stereocenters. The summed E-state index contributed by atoms with van der Waals surface area (Å²) in [7, 11) is 0. The van der Waals surface area contributed by atoms with Crippen molar-refractivity contribution in [3.05, 3.63) is 293 Å². The van der Waals surface area contributed by atoms with Crippen molar-refractivity contribution in [2.24, 2.45) is 21.7 Å². The largest absolute Gasteiger partial charge is 0.508 e. The van der Waals surface area contributed by atoms with Crippen LogP contribution in [0.5, 0.6) is 28.7 Å². The van der Waals surface area contributed by atoms with Gasteiger partial charge in [-0.05, 0) is 160 Å². The van der Waals surface area contributed by atoms with Gasteiger partial charge < -0.3 is 72.9 Å². The Kier molecular flexibility index (Phi) is 24.1. The SMILES string of the molecule is CCC(CO)(CO)COc1ccc(C2(c3ccc(OCC(CC)(CO)CO)cc3)c3ccccc3-c3ccccc32)cc1.CCC1(COc2ccc(C3(c4ccc(OCC5(CC)COC(=O)OC5)cc4)c4ccccc4-c4ccccc43)cc2)COC(=O)OC1.OC(Oc1ccccc1)OC1C=CC=CC1. The van der Waals surface area contributed by atoms with Crippen LogP contribution in [0.4, 0.5) is 9.59 Å². The minimum Gasteiger partial charge on any atom is -0.493 e. The van der Waals surface area contributed by atoms with Crippen molar-refractivity contribution in [3.63, 3.8) is 0 Å². The lowest BCUT2D eigenvalue weighted by Gasteiger charge is -2.35. The Balaban J connectivity index is 0.000000165. The molecule has 0 radical (unpaired) electrons. The lowest BCUT2D eigenvalue weighted by Crippen LogP contribution is -2.43. The summed E-state index contributed by atoms with van der Waals surface area (Å²) in [5.41, 5.74) is 10.7. The summed E-state index contributed by atoms with van der Waals surface area (Å²) >= 11 is 0. The van der Waals surface area contributed by atoms with Crippen LogP contribution in [0.15, 0.2) is 249 Å². The summed E-state index contributed by atoms with van der Waals surface area (Å²) in [5, 5.41) is 48.9. The van der Waals surface area contributed by atoms with E-state index in [0.717, 1.165) is 53.0 Å². The number of carbonyl (C=O) groups is 2. The van der Waals surface area contributed by atoms with Gasteiger partial charge in [0.2, 0.25) is 0 Å². The Morgan fingerprint density at radius 1 is 0.406 bits per heavy atom. The quantitative estimate of drug-likeness (QED) is 0.0227. The number of allylic oxidation sites excluding steroid dienone is 2. The number of carbonyl (C=O) groups excluding carboxylic acids is 2. The third-order valence-electron chi connectivity index (χ3n) is 21.8. The van der Waals surface area contributed by atoms with Crippen LogP contribution in [0.3, 0.4) is 0 Å². The van der Waals surface area contributed by atoms with E-state index in [1.807, 2.05) is 119 Å². The molecular formula is C89H94O17. The highest BCUT2D eigenvalue weighted by Gasteiger charge is 2.48. The number of aliphatic hydroxyl groups excluding tert-OH is 5. The number of cyclic esters (lactones) is 4. The first-order valence-electron chi connectivity index (χ1n) is 36.4. The molecular weight excluding hydrogens is 1340 g/mol. The van der Waals surface area contributed by atoms with Crippen molar-refractivity contribution in [1.82, 2.24) is 0 Å². The average molecular weight is 1440 g/mol. The monoisotopic (exact) mass is 1430 g/mol. The van der Waals surface area contributed by atoms with Crippen LogP contribution in [0.2, 0.25) is 0 Å². The van der Waals surface area contributed by atoms with Crippen LogP contribution in [-0.4, -0.2) is 130 Å². The van der Waals surface area contributed by atoms with Crippen LogP contribution < -0.4 is 23.7 Å². The molecule has 0 aromatic heterocycles. The molecule has 9 aromatic rings. The van der Waals surface area contributed by atoms with Gasteiger partial charge in [0.25, 0.3) is 0 Å². The van der Waals surface area contributed by atoms with E-state index < -0.39 is 40.4 Å². The second kappa shape index (κ2) is 33.9. The van der Waals surface area contributed by atoms with Gasteiger partial charge in [0.1, 0.15) is 68.4 Å². The predicted molar refractivity (Wildman–Crippen MR) is 404 cm³/mol. The zero-order chi connectivity index (χ0) is 74.2. The highest BCUT2D eigenvalue weighted by atomic mass is 16.8. The lowest BCUT2D eigenvalue weighted by molar-refractivity contribution is -0.230. The van der Waals surface area contributed by atoms with E-state index in [4.69, 9.17) is 47.4 Å². The van der Waals surface area contributed by atoms with E-state index in [0.29, 0.717) is 43.3 Å². The van der Waals surface area contributed by atoms with E-state index in [9.17, 15) is 35.1 Å². The van der Waals surface area contributed by atoms with Gasteiger partial charge in [-0.2, -0.15) is 0 Å². The molecule has 0 spiro atoms. The summed E-state index contributed by atoms with van der Waals surface area (Å²) in [6.45, 7) is 8.46. The normalized spacial score (nSPS) is 16.9. The van der Waals surface area contributed by atoms with Gasteiger partial charge in [0, 0.05) is 0 Å². The number of ether oxygens (including phenoxy) is 10. The number of benzene rings is 9. The Morgan fingerprint density at radius 2 is 0.726 bits per heavy atom. The minimum absolute atomic E-state index is 0.122. The number of aliphatic hydroxyl groups is 5. The molecule has 2 aliphatic heterocycles. The Morgan fingerprint density at radius 3 is 1.03 bits per heavy atom. The molecule has 2 unspecified atom stereocenters. The van der Waals surface area contributed by atoms with Crippen molar-refractivity contribution >= 4 is 12.3 Å². The number of rotatable bonds is 28. The maximum absolute atomic E-state index is 11.5. The highest BCUT2D eigenvalue weighted by molar-refractivity contribution is 5.87. The molecule has 0 bridgehead atoms. The summed E-state index contributed by atoms with van der Waals surface area (Å²) < 4.78 is 55.9. The average Bonchev–Trinajstić information content (AvgIpc) is 1.54. The Hall–Kier alpha value is -10.2. The molecule has 0 amide bonds. The van der Waals surface area contributed by atoms with Gasteiger partial charge >= 0.3 is 18.8 Å². The van der Waals surface area contributed by atoms with Gasteiger partial charge in [0.05, 0.1) is 78.2 Å². The first-order chi connectivity index (χ1) is 51.7. The van der Waals surface area contributed by atoms with Gasteiger partial charge in [-0.1, -0.05) is 216 Å². The van der Waals surface area contributed by atoms with E-state index in [1.165, 1.54) is 44.5 Å². The van der Waals surface area contributed by atoms with E-state index in [2.05, 4.69) is 146 Å². The predicted octanol–water partition coefficient (Wildman–Crippen LogP) is 15.7. The Bertz CT molecular complexity index is 4150. The third kappa shape index (κ3) is 15.8. The summed E-state index contributed by atoms with van der Waals surface area (Å²) in [6, 6.07) is 76.2. The summed E-state index contributed by atoms with van der Waals surface area (Å²) in [6.07, 6.45) is 9.82. The van der Waals surface area contributed by atoms with E-state index >= 15 is 0 Å². The summed E-state index contributed by atoms with van der Waals surface area (Å²) in [4.78, 5) is 22.9. The van der Waals surface area contributed by atoms with Gasteiger partial charge in [-0.3, -0.25) is 0 Å². The first-order valence-corrected chi connectivity index (χ1v) is 36.4. The zero-order valence-electron chi connectivity index (χ0n) is 60.5. The van der Waals surface area contributed by atoms with Crippen molar-refractivity contribution < 1.29 is 82.5 Å². The van der Waals surface area contributed by atoms with Crippen LogP contribution in [0.25, 0.3) is 22.3 Å². The fraction of sp³-hybridized carbons (Fsp3) is 0.326. The number of para-hydroxylation sites is 1. The first kappa shape index (κ1) is 75.4. The Labute approximate surface area is 620 Å². The van der Waals surface area contributed by atoms with Gasteiger partial charge in [0.15, 0.2) is 0 Å². The molecule has 17 nitrogen and oxygen atoms in total. The molecule has 17 heteroatoms. The molecule has 2 fully saturated rings. The van der Waals surface area contributed by atoms with Crippen LogP contribution >= 0.6 is 0 Å². The lowest BCUT2D eigenvalue weighted by atomic mass is 9.68. The second-order valence-corrected chi connectivity index (χ2v) is 28.1. The smallest absolute Gasteiger partial charge is 0.493 e. The van der Waals surface area contributed by atoms with Crippen LogP contribution in [0, 0.1) is 21.7 Å². The van der Waals surface area contributed by atoms with Crippen LogP contribution in [-0.2, 0) is 34.5 Å². The topological polar surface area (TPSA) is 228 Å². The fourth-order valence-corrected chi connectivity index (χ4v) is 14.4. The van der Waals surface area contributed by atoms with E-state index in [1.54, 1.807) is 12.1 Å². The molecule has 552 valence electrons. The number of hydrogen-bond donors (Lipinski definition) is 5. The maximum atomic E-state index is 11.5. The minimum atomic E-state index is -1.23. The summed E-state index contributed by atoms with van der Waals surface area (Å²) in [5.74, 6) is 3.41. The molecule has 5 aliphatic rings. The van der Waals surface area contributed by atoms with Crippen molar-refractivity contribution in [1.29, 1.82) is 0 Å². The number of fused-ring (bicyclic) bond motifs is 6. The van der Waals surface area contributed by atoms with Crippen molar-refractivity contribution in [2.45, 2.75) is 83.2 Å². The molecule has 3 aliphatic carbocycles. The standard InChI is InChI=1S/C39H38O8.C37H42O6.C13H14O3/c1-3-37(23-44-35(40)45-24-37)21-42-29-17-13-27(14-18-29)39(33-11-7-5-9-31(33)32-10-6-8-12-34(32)39)28-15-19-30(20-16-28)43-22-38(4-2)25-46-36(41)47-26-38;1-3-35(21-38,22-39)25-42-29-17-13-27(14-18-29)37(33-11-7-5-9-31(33)32-10-6-8-12-34(32)37)28-15-19-30(20-16-28)43-26-36(4-2,23-40)24-41;14-13(15-11-7-3-1-4-8-11)16-12-9-5-2-6-10-12/h5-20H,3-4,21-26H2,1-2H3;5-20,38-41H,3-4,21-26H2,1-2H3;1-9,12-14H,10H2. The van der Waals surface area contributed by atoms with Gasteiger partial charge in [-0.25, -0.2) is 9.59 Å². The molecule has 9 aromatic carbocycles. The van der Waals surface area contributed by atoms with Crippen molar-refractivity contribution in [2.75, 3.05) is 79.3 Å². The fourth-order valence-electron chi connectivity index (χ4n) is 14.4.